The van der Waals surface area contributed by atoms with E-state index in [1.807, 2.05) is 0 Å². The van der Waals surface area contributed by atoms with Gasteiger partial charge < -0.3 is 5.11 Å². The molecule has 1 aromatic carbocycles. The minimum absolute atomic E-state index is 0.233. The van der Waals surface area contributed by atoms with E-state index in [-0.39, 0.29) is 5.56 Å². The number of fused-ring (bicyclic) bond motifs is 1. The lowest BCUT2D eigenvalue weighted by Gasteiger charge is -2.44. The zero-order valence-electron chi connectivity index (χ0n) is 12.1. The van der Waals surface area contributed by atoms with E-state index >= 15 is 0 Å². The number of hydrogen-bond donors (Lipinski definition) is 1. The highest BCUT2D eigenvalue weighted by Crippen LogP contribution is 2.22. The van der Waals surface area contributed by atoms with E-state index in [1.165, 1.54) is 37.9 Å². The minimum atomic E-state index is -1.20. The summed E-state index contributed by atoms with van der Waals surface area (Å²) in [5.74, 6) is -1.87. The van der Waals surface area contributed by atoms with E-state index in [2.05, 4.69) is 9.80 Å². The van der Waals surface area contributed by atoms with E-state index in [0.717, 1.165) is 25.2 Å². The molecule has 2 aliphatic rings. The molecule has 2 fully saturated rings. The molecule has 0 radical (unpaired) electrons. The van der Waals surface area contributed by atoms with Crippen LogP contribution in [-0.4, -0.2) is 53.1 Å². The number of nitrogens with zero attached hydrogens (tertiary/aromatic N) is 2. The van der Waals surface area contributed by atoms with Crippen LogP contribution in [0.25, 0.3) is 0 Å². The molecule has 2 aliphatic heterocycles. The molecule has 1 aromatic rings. The Labute approximate surface area is 124 Å². The summed E-state index contributed by atoms with van der Waals surface area (Å²) in [7, 11) is 0. The number of carbonyl (C=O) groups is 1. The third-order valence-electron chi connectivity index (χ3n) is 4.59. The van der Waals surface area contributed by atoms with Crippen molar-refractivity contribution in [1.29, 1.82) is 0 Å². The molecule has 21 heavy (non-hydrogen) atoms. The number of carboxylic acid groups (broad SMARTS) is 1. The lowest BCUT2D eigenvalue weighted by atomic mass is 9.99. The fourth-order valence-electron chi connectivity index (χ4n) is 3.46. The van der Waals surface area contributed by atoms with Gasteiger partial charge in [0.1, 0.15) is 5.82 Å². The Balaban J connectivity index is 1.66. The number of aromatic carboxylic acids is 1. The van der Waals surface area contributed by atoms with Gasteiger partial charge in [0.15, 0.2) is 0 Å². The number of halogens is 1. The van der Waals surface area contributed by atoms with Gasteiger partial charge in [-0.25, -0.2) is 9.18 Å². The molecule has 0 saturated carbocycles. The van der Waals surface area contributed by atoms with Crippen molar-refractivity contribution in [2.75, 3.05) is 26.2 Å². The predicted octanol–water partition coefficient (Wildman–Crippen LogP) is 2.19. The Bertz CT molecular complexity index is 535. The Morgan fingerprint density at radius 2 is 2.14 bits per heavy atom. The summed E-state index contributed by atoms with van der Waals surface area (Å²) in [6.45, 7) is 5.01. The van der Waals surface area contributed by atoms with Crippen molar-refractivity contribution in [2.45, 2.75) is 31.8 Å². The maximum absolute atomic E-state index is 13.4. The molecule has 0 aliphatic carbocycles. The van der Waals surface area contributed by atoms with E-state index < -0.39 is 11.8 Å². The summed E-state index contributed by atoms with van der Waals surface area (Å²) in [6.07, 6.45) is 3.85. The summed E-state index contributed by atoms with van der Waals surface area (Å²) in [4.78, 5) is 15.9. The van der Waals surface area contributed by atoms with Crippen molar-refractivity contribution < 1.29 is 14.3 Å². The van der Waals surface area contributed by atoms with Crippen molar-refractivity contribution >= 4 is 5.97 Å². The first-order chi connectivity index (χ1) is 10.1. The highest BCUT2D eigenvalue weighted by Gasteiger charge is 2.28. The first-order valence-electron chi connectivity index (χ1n) is 7.61. The van der Waals surface area contributed by atoms with E-state index in [4.69, 9.17) is 5.11 Å². The van der Waals surface area contributed by atoms with Gasteiger partial charge in [0.05, 0.1) is 5.56 Å². The quantitative estimate of drug-likeness (QED) is 0.927. The molecule has 2 heterocycles. The summed E-state index contributed by atoms with van der Waals surface area (Å²) in [5, 5.41) is 8.99. The number of carboxylic acids is 1. The van der Waals surface area contributed by atoms with Crippen molar-refractivity contribution in [3.63, 3.8) is 0 Å². The summed E-state index contributed by atoms with van der Waals surface area (Å²) in [5.41, 5.74) is 0.641. The van der Waals surface area contributed by atoms with Gasteiger partial charge in [-0.15, -0.1) is 0 Å². The molecule has 0 bridgehead atoms. The van der Waals surface area contributed by atoms with Gasteiger partial charge in [0.2, 0.25) is 0 Å². The first kappa shape index (κ1) is 14.5. The van der Waals surface area contributed by atoms with E-state index in [9.17, 15) is 9.18 Å². The monoisotopic (exact) mass is 292 g/mol. The van der Waals surface area contributed by atoms with Gasteiger partial charge in [0, 0.05) is 32.2 Å². The normalized spacial score (nSPS) is 23.8. The number of benzene rings is 1. The Kier molecular flexibility index (Phi) is 4.22. The molecule has 1 unspecified atom stereocenters. The predicted molar refractivity (Wildman–Crippen MR) is 77.8 cm³/mol. The Morgan fingerprint density at radius 3 is 2.95 bits per heavy atom. The summed E-state index contributed by atoms with van der Waals surface area (Å²) < 4.78 is 13.4. The summed E-state index contributed by atoms with van der Waals surface area (Å²) in [6, 6.07) is 5.04. The third kappa shape index (κ3) is 3.24. The van der Waals surface area contributed by atoms with Crippen molar-refractivity contribution in [2.24, 2.45) is 0 Å². The van der Waals surface area contributed by atoms with Gasteiger partial charge in [-0.3, -0.25) is 9.80 Å². The number of hydrogen-bond acceptors (Lipinski definition) is 3. The molecule has 1 N–H and O–H groups in total. The second kappa shape index (κ2) is 6.12. The van der Waals surface area contributed by atoms with Crippen LogP contribution in [0.15, 0.2) is 18.2 Å². The molecule has 114 valence electrons. The standard InChI is InChI=1S/C16H21FN2O2/c17-15-5-4-12(9-14(15)16(20)21)10-18-7-8-19-6-2-1-3-13(19)11-18/h4-5,9,13H,1-3,6-8,10-11H2,(H,20,21). The molecule has 0 aromatic heterocycles. The molecule has 3 rings (SSSR count). The molecule has 0 spiro atoms. The van der Waals surface area contributed by atoms with Crippen LogP contribution < -0.4 is 0 Å². The fraction of sp³-hybridized carbons (Fsp3) is 0.562. The number of piperidine rings is 1. The molecule has 0 amide bonds. The SMILES string of the molecule is O=C(O)c1cc(CN2CCN3CCCCC3C2)ccc1F. The van der Waals surface area contributed by atoms with Crippen LogP contribution in [0.2, 0.25) is 0 Å². The molecule has 2 saturated heterocycles. The minimum Gasteiger partial charge on any atom is -0.478 e. The average Bonchev–Trinajstić information content (AvgIpc) is 2.49. The largest absolute Gasteiger partial charge is 0.478 e. The highest BCUT2D eigenvalue weighted by atomic mass is 19.1. The van der Waals surface area contributed by atoms with Crippen molar-refractivity contribution in [3.8, 4) is 0 Å². The molecule has 4 nitrogen and oxygen atoms in total. The smallest absolute Gasteiger partial charge is 0.338 e. The van der Waals surface area contributed by atoms with Gasteiger partial charge in [0.25, 0.3) is 0 Å². The van der Waals surface area contributed by atoms with Crippen molar-refractivity contribution in [3.05, 3.63) is 35.1 Å². The Morgan fingerprint density at radius 1 is 1.29 bits per heavy atom. The van der Waals surface area contributed by atoms with E-state index in [0.29, 0.717) is 12.6 Å². The topological polar surface area (TPSA) is 43.8 Å². The van der Waals surface area contributed by atoms with Crippen LogP contribution >= 0.6 is 0 Å². The molecule has 1 atom stereocenters. The number of rotatable bonds is 3. The van der Waals surface area contributed by atoms with E-state index in [1.54, 1.807) is 6.07 Å². The number of piperazine rings is 1. The third-order valence-corrected chi connectivity index (χ3v) is 4.59. The average molecular weight is 292 g/mol. The van der Waals surface area contributed by atoms with Crippen LogP contribution in [0, 0.1) is 5.82 Å². The second-order valence-corrected chi connectivity index (χ2v) is 6.04. The maximum Gasteiger partial charge on any atom is 0.338 e. The van der Waals surface area contributed by atoms with Crippen LogP contribution in [0.4, 0.5) is 4.39 Å². The first-order valence-corrected chi connectivity index (χ1v) is 7.61. The summed E-state index contributed by atoms with van der Waals surface area (Å²) >= 11 is 0. The lowest BCUT2D eigenvalue weighted by Crippen LogP contribution is -2.54. The van der Waals surface area contributed by atoms with Gasteiger partial charge in [-0.05, 0) is 37.1 Å². The molecule has 5 heteroatoms. The maximum atomic E-state index is 13.4. The second-order valence-electron chi connectivity index (χ2n) is 6.04. The van der Waals surface area contributed by atoms with Gasteiger partial charge in [-0.2, -0.15) is 0 Å². The van der Waals surface area contributed by atoms with Crippen LogP contribution in [0.5, 0.6) is 0 Å². The lowest BCUT2D eigenvalue weighted by molar-refractivity contribution is 0.0456. The van der Waals surface area contributed by atoms with Gasteiger partial charge in [-0.1, -0.05) is 12.5 Å². The van der Waals surface area contributed by atoms with Crippen LogP contribution in [-0.2, 0) is 6.54 Å². The fourth-order valence-corrected chi connectivity index (χ4v) is 3.46. The van der Waals surface area contributed by atoms with Crippen molar-refractivity contribution in [1.82, 2.24) is 9.80 Å². The zero-order valence-corrected chi connectivity index (χ0v) is 12.1. The molecular formula is C16H21FN2O2. The zero-order chi connectivity index (χ0) is 14.8. The van der Waals surface area contributed by atoms with Gasteiger partial charge >= 0.3 is 5.97 Å². The van der Waals surface area contributed by atoms with Crippen LogP contribution in [0.1, 0.15) is 35.2 Å². The highest BCUT2D eigenvalue weighted by molar-refractivity contribution is 5.88. The van der Waals surface area contributed by atoms with Crippen LogP contribution in [0.3, 0.4) is 0 Å². The Hall–Kier alpha value is -1.46. The molecular weight excluding hydrogens is 271 g/mol.